The maximum absolute atomic E-state index is 12.8. The molecule has 1 saturated heterocycles. The number of nitro benzene ring substituents is 1. The monoisotopic (exact) mass is 481 g/mol. The van der Waals surface area contributed by atoms with E-state index >= 15 is 0 Å². The van der Waals surface area contributed by atoms with E-state index in [1.54, 1.807) is 0 Å². The molecule has 2 aromatic carbocycles. The molecule has 32 heavy (non-hydrogen) atoms. The molecule has 0 aliphatic carbocycles. The normalized spacial score (nSPS) is 15.2. The fraction of sp³-hybridized carbons (Fsp3) is 0.300. The number of sulfonamides is 1. The highest BCUT2D eigenvalue weighted by Gasteiger charge is 2.30. The molecular weight excluding hydrogens is 462 g/mol. The van der Waals surface area contributed by atoms with Crippen molar-refractivity contribution >= 4 is 44.9 Å². The second kappa shape index (κ2) is 9.63. The number of benzene rings is 2. The summed E-state index contributed by atoms with van der Waals surface area (Å²) in [6, 6.07) is 9.01. The molecule has 1 N–H and O–H groups in total. The molecule has 1 fully saturated rings. The van der Waals surface area contributed by atoms with E-state index in [4.69, 9.17) is 16.3 Å². The largest absolute Gasteiger partial charge is 0.449 e. The van der Waals surface area contributed by atoms with Crippen LogP contribution >= 0.6 is 11.6 Å². The van der Waals surface area contributed by atoms with Crippen LogP contribution in [0.3, 0.4) is 0 Å². The Kier molecular flexibility index (Phi) is 7.12. The van der Waals surface area contributed by atoms with E-state index in [0.717, 1.165) is 18.9 Å². The van der Waals surface area contributed by atoms with Crippen LogP contribution in [0.5, 0.6) is 0 Å². The Labute approximate surface area is 189 Å². The van der Waals surface area contributed by atoms with Crippen LogP contribution in [0.4, 0.5) is 11.4 Å². The first-order chi connectivity index (χ1) is 15.1. The minimum atomic E-state index is -3.86. The zero-order valence-electron chi connectivity index (χ0n) is 17.0. The van der Waals surface area contributed by atoms with Crippen molar-refractivity contribution in [1.82, 2.24) is 4.31 Å². The molecule has 170 valence electrons. The third-order valence-corrected chi connectivity index (χ3v) is 7.21. The number of nitrogens with one attached hydrogen (secondary N) is 1. The van der Waals surface area contributed by atoms with Gasteiger partial charge in [0.25, 0.3) is 11.6 Å². The second-order valence-electron chi connectivity index (χ2n) is 7.10. The highest BCUT2D eigenvalue weighted by Crippen LogP contribution is 2.28. The molecule has 2 aromatic rings. The van der Waals surface area contributed by atoms with Crippen molar-refractivity contribution in [2.24, 2.45) is 0 Å². The number of nitro groups is 1. The number of ether oxygens (including phenoxy) is 1. The Morgan fingerprint density at radius 2 is 1.88 bits per heavy atom. The number of halogens is 1. The van der Waals surface area contributed by atoms with Gasteiger partial charge in [-0.15, -0.1) is 0 Å². The molecular formula is C20H20ClN3O7S. The number of rotatable bonds is 7. The molecule has 0 aromatic heterocycles. The maximum Gasteiger partial charge on any atom is 0.338 e. The van der Waals surface area contributed by atoms with Crippen molar-refractivity contribution in [2.75, 3.05) is 18.4 Å². The van der Waals surface area contributed by atoms with E-state index in [2.05, 4.69) is 5.32 Å². The molecule has 1 heterocycles. The summed E-state index contributed by atoms with van der Waals surface area (Å²) in [7, 11) is -3.86. The number of anilines is 1. The molecule has 12 heteroatoms. The lowest BCUT2D eigenvalue weighted by Crippen LogP contribution is -2.30. The summed E-state index contributed by atoms with van der Waals surface area (Å²) in [6.07, 6.45) is 0.238. The molecule has 1 aliphatic rings. The number of hydrogen-bond acceptors (Lipinski definition) is 7. The smallest absolute Gasteiger partial charge is 0.338 e. The highest BCUT2D eigenvalue weighted by molar-refractivity contribution is 7.89. The minimum absolute atomic E-state index is 0.0232. The van der Waals surface area contributed by atoms with Crippen molar-refractivity contribution in [3.63, 3.8) is 0 Å². The number of carbonyl (C=O) groups excluding carboxylic acids is 2. The van der Waals surface area contributed by atoms with Gasteiger partial charge in [0.1, 0.15) is 4.90 Å². The molecule has 0 spiro atoms. The quantitative estimate of drug-likeness (QED) is 0.364. The van der Waals surface area contributed by atoms with Gasteiger partial charge < -0.3 is 10.1 Å². The first-order valence-corrected chi connectivity index (χ1v) is 11.5. The summed E-state index contributed by atoms with van der Waals surface area (Å²) >= 11 is 6.08. The third kappa shape index (κ3) is 5.23. The Morgan fingerprint density at radius 3 is 2.53 bits per heavy atom. The molecule has 10 nitrogen and oxygen atoms in total. The minimum Gasteiger partial charge on any atom is -0.449 e. The summed E-state index contributed by atoms with van der Waals surface area (Å²) in [5.74, 6) is -1.63. The van der Waals surface area contributed by atoms with Gasteiger partial charge in [0, 0.05) is 30.9 Å². The van der Waals surface area contributed by atoms with Gasteiger partial charge in [-0.2, -0.15) is 4.31 Å². The second-order valence-corrected chi connectivity index (χ2v) is 9.41. The van der Waals surface area contributed by atoms with Gasteiger partial charge in [-0.25, -0.2) is 13.2 Å². The zero-order chi connectivity index (χ0) is 23.5. The first kappa shape index (κ1) is 23.6. The van der Waals surface area contributed by atoms with Gasteiger partial charge in [0.05, 0.1) is 15.5 Å². The van der Waals surface area contributed by atoms with E-state index in [1.165, 1.54) is 47.6 Å². The van der Waals surface area contributed by atoms with Gasteiger partial charge in [0.15, 0.2) is 6.10 Å². The van der Waals surface area contributed by atoms with Crippen molar-refractivity contribution in [2.45, 2.75) is 30.8 Å². The van der Waals surface area contributed by atoms with Crippen LogP contribution in [0.15, 0.2) is 47.4 Å². The van der Waals surface area contributed by atoms with Crippen LogP contribution in [0.1, 0.15) is 30.1 Å². The fourth-order valence-corrected chi connectivity index (χ4v) is 5.14. The van der Waals surface area contributed by atoms with Crippen LogP contribution in [-0.2, 0) is 19.6 Å². The lowest BCUT2D eigenvalue weighted by atomic mass is 10.2. The molecule has 3 rings (SSSR count). The molecule has 0 radical (unpaired) electrons. The number of amides is 1. The maximum atomic E-state index is 12.8. The van der Waals surface area contributed by atoms with Crippen molar-refractivity contribution in [3.8, 4) is 0 Å². The Bertz CT molecular complexity index is 1160. The number of nitrogens with zero attached hydrogens (tertiary/aromatic N) is 2. The van der Waals surface area contributed by atoms with Gasteiger partial charge >= 0.3 is 5.97 Å². The number of hydrogen-bond donors (Lipinski definition) is 1. The lowest BCUT2D eigenvalue weighted by molar-refractivity contribution is -0.384. The van der Waals surface area contributed by atoms with Crippen LogP contribution < -0.4 is 5.32 Å². The molecule has 1 atom stereocenters. The average Bonchev–Trinajstić information content (AvgIpc) is 3.30. The van der Waals surface area contributed by atoms with Crippen LogP contribution in [0, 0.1) is 10.1 Å². The SMILES string of the molecule is CC(OC(=O)c1ccc(Cl)c(S(=O)(=O)N2CCCC2)c1)C(=O)Nc1cccc([N+](=O)[O-])c1. The summed E-state index contributed by atoms with van der Waals surface area (Å²) in [5.41, 5.74) is -0.125. The standard InChI is InChI=1S/C20H20ClN3O7S/c1-13(19(25)22-15-5-4-6-16(12-15)24(27)28)31-20(26)14-7-8-17(21)18(11-14)32(29,30)23-9-2-3-10-23/h4-8,11-13H,2-3,9-10H2,1H3,(H,22,25). The summed E-state index contributed by atoms with van der Waals surface area (Å²) < 4.78 is 32.1. The summed E-state index contributed by atoms with van der Waals surface area (Å²) in [4.78, 5) is 34.9. The fourth-order valence-electron chi connectivity index (χ4n) is 3.12. The number of carbonyl (C=O) groups is 2. The van der Waals surface area contributed by atoms with Crippen LogP contribution in [0.2, 0.25) is 5.02 Å². The average molecular weight is 482 g/mol. The number of non-ortho nitro benzene ring substituents is 1. The van der Waals surface area contributed by atoms with E-state index in [9.17, 15) is 28.1 Å². The van der Waals surface area contributed by atoms with Gasteiger partial charge in [-0.3, -0.25) is 14.9 Å². The Hall–Kier alpha value is -3.02. The molecule has 1 aliphatic heterocycles. The predicted octanol–water partition coefficient (Wildman–Crippen LogP) is 3.22. The summed E-state index contributed by atoms with van der Waals surface area (Å²) in [6.45, 7) is 2.08. The number of esters is 1. The van der Waals surface area contributed by atoms with E-state index in [-0.39, 0.29) is 26.9 Å². The van der Waals surface area contributed by atoms with E-state index in [1.807, 2.05) is 0 Å². The first-order valence-electron chi connectivity index (χ1n) is 9.65. The predicted molar refractivity (Wildman–Crippen MR) is 116 cm³/mol. The van der Waals surface area contributed by atoms with E-state index in [0.29, 0.717) is 13.1 Å². The van der Waals surface area contributed by atoms with Crippen molar-refractivity contribution in [1.29, 1.82) is 0 Å². The topological polar surface area (TPSA) is 136 Å². The van der Waals surface area contributed by atoms with Gasteiger partial charge in [-0.1, -0.05) is 17.7 Å². The highest BCUT2D eigenvalue weighted by atomic mass is 35.5. The van der Waals surface area contributed by atoms with Crippen molar-refractivity contribution < 1.29 is 27.7 Å². The molecule has 1 amide bonds. The van der Waals surface area contributed by atoms with Crippen molar-refractivity contribution in [3.05, 3.63) is 63.2 Å². The Balaban J connectivity index is 1.72. The van der Waals surface area contributed by atoms with Crippen LogP contribution in [0.25, 0.3) is 0 Å². The molecule has 0 bridgehead atoms. The molecule has 0 saturated carbocycles. The lowest BCUT2D eigenvalue weighted by Gasteiger charge is -2.17. The third-order valence-electron chi connectivity index (χ3n) is 4.83. The van der Waals surface area contributed by atoms with Gasteiger partial charge in [0.2, 0.25) is 10.0 Å². The van der Waals surface area contributed by atoms with E-state index < -0.39 is 32.9 Å². The Morgan fingerprint density at radius 1 is 1.19 bits per heavy atom. The van der Waals surface area contributed by atoms with Gasteiger partial charge in [-0.05, 0) is 44.0 Å². The van der Waals surface area contributed by atoms with Crippen LogP contribution in [-0.4, -0.2) is 48.7 Å². The molecule has 1 unspecified atom stereocenters. The summed E-state index contributed by atoms with van der Waals surface area (Å²) in [5, 5.41) is 13.3. The zero-order valence-corrected chi connectivity index (χ0v) is 18.6.